The topological polar surface area (TPSA) is 84.9 Å². The van der Waals surface area contributed by atoms with Gasteiger partial charge in [0.25, 0.3) is 5.91 Å². The van der Waals surface area contributed by atoms with Gasteiger partial charge in [-0.15, -0.1) is 0 Å². The molecule has 2 aliphatic rings. The average Bonchev–Trinajstić information content (AvgIpc) is 3.07. The number of aryl methyl sites for hydroxylation is 2. The Bertz CT molecular complexity index is 1710. The fourth-order valence-corrected chi connectivity index (χ4v) is 5.91. The Hall–Kier alpha value is -4.93. The Kier molecular flexibility index (Phi) is 6.83. The van der Waals surface area contributed by atoms with Crippen LogP contribution >= 0.6 is 0 Å². The number of hydrogen-bond acceptors (Lipinski definition) is 6. The highest BCUT2D eigenvalue weighted by atomic mass is 19.4. The molecule has 220 valence electrons. The predicted molar refractivity (Wildman–Crippen MR) is 150 cm³/mol. The highest BCUT2D eigenvalue weighted by molar-refractivity contribution is 6.04. The van der Waals surface area contributed by atoms with Gasteiger partial charge in [-0.25, -0.2) is 9.97 Å². The predicted octanol–water partition coefficient (Wildman–Crippen LogP) is 5.20. The number of anilines is 1. The Morgan fingerprint density at radius 3 is 2.30 bits per heavy atom. The van der Waals surface area contributed by atoms with Crippen molar-refractivity contribution in [3.8, 4) is 11.8 Å². The van der Waals surface area contributed by atoms with E-state index in [9.17, 15) is 22.8 Å². The van der Waals surface area contributed by atoms with Crippen LogP contribution in [0.1, 0.15) is 33.6 Å². The fraction of sp³-hybridized carbons (Fsp3) is 0.250. The number of amides is 2. The van der Waals surface area contributed by atoms with Crippen molar-refractivity contribution in [1.29, 1.82) is 0 Å². The van der Waals surface area contributed by atoms with E-state index < -0.39 is 35.2 Å². The molecule has 11 heteroatoms. The highest BCUT2D eigenvalue weighted by Gasteiger charge is 2.67. The van der Waals surface area contributed by atoms with Crippen molar-refractivity contribution in [2.24, 2.45) is 0 Å². The largest absolute Gasteiger partial charge is 0.497 e. The summed E-state index contributed by atoms with van der Waals surface area (Å²) in [5.41, 5.74) is 0.575. The first-order chi connectivity index (χ1) is 20.5. The number of ether oxygens (including phenoxy) is 2. The van der Waals surface area contributed by atoms with Crippen LogP contribution < -0.4 is 14.4 Å². The molecule has 0 N–H and O–H groups in total. The first kappa shape index (κ1) is 28.2. The number of para-hydroxylation sites is 1. The molecule has 0 aliphatic carbocycles. The van der Waals surface area contributed by atoms with Gasteiger partial charge >= 0.3 is 12.2 Å². The normalized spacial score (nSPS) is 19.7. The number of fused-ring (bicyclic) bond motifs is 3. The van der Waals surface area contributed by atoms with Crippen LogP contribution in [0, 0.1) is 13.8 Å². The van der Waals surface area contributed by atoms with Crippen molar-refractivity contribution >= 4 is 17.5 Å². The van der Waals surface area contributed by atoms with Crippen LogP contribution in [0.2, 0.25) is 0 Å². The lowest BCUT2D eigenvalue weighted by Gasteiger charge is -2.55. The van der Waals surface area contributed by atoms with Crippen LogP contribution in [0.25, 0.3) is 0 Å². The van der Waals surface area contributed by atoms with Crippen LogP contribution in [0.5, 0.6) is 11.8 Å². The maximum atomic E-state index is 14.0. The molecule has 8 nitrogen and oxygen atoms in total. The molecular weight excluding hydrogens is 561 g/mol. The molecule has 4 aromatic rings. The van der Waals surface area contributed by atoms with Crippen molar-refractivity contribution in [3.63, 3.8) is 0 Å². The number of carbonyl (C=O) groups excluding carboxylic acids is 2. The first-order valence-electron chi connectivity index (χ1n) is 13.5. The Morgan fingerprint density at radius 1 is 0.930 bits per heavy atom. The van der Waals surface area contributed by atoms with Crippen molar-refractivity contribution < 1.29 is 32.2 Å². The molecule has 6 rings (SSSR count). The SMILES string of the molecule is COc1ccc(CN2C(=O)CN3C(=O)[C@@H](Oc4nc(C)cc(C)n4)[C@@]3(c3cccc(C(F)(F)F)c3)c3ccccc32)cc1. The summed E-state index contributed by atoms with van der Waals surface area (Å²) in [4.78, 5) is 39.1. The second kappa shape index (κ2) is 10.4. The standard InChI is InChI=1S/C32H27F3N4O4/c1-19-15-20(2)37-30(36-19)43-28-29(41)39-18-27(40)38(17-21-11-13-24(42-3)14-12-21)26-10-5-4-9-25(26)31(28,39)22-7-6-8-23(16-22)32(33,34)35/h4-16,28H,17-18H2,1-3H3/t28-,31-/m1/s1. The molecule has 2 amide bonds. The summed E-state index contributed by atoms with van der Waals surface area (Å²) < 4.78 is 53.3. The van der Waals surface area contributed by atoms with E-state index >= 15 is 0 Å². The molecule has 1 fully saturated rings. The monoisotopic (exact) mass is 588 g/mol. The molecule has 0 radical (unpaired) electrons. The molecule has 1 saturated heterocycles. The molecule has 2 aliphatic heterocycles. The Balaban J connectivity index is 1.55. The lowest BCUT2D eigenvalue weighted by atomic mass is 9.69. The summed E-state index contributed by atoms with van der Waals surface area (Å²) in [6.07, 6.45) is -5.98. The van der Waals surface area contributed by atoms with Crippen LogP contribution in [0.4, 0.5) is 18.9 Å². The molecule has 0 unspecified atom stereocenters. The quantitative estimate of drug-likeness (QED) is 0.288. The summed E-state index contributed by atoms with van der Waals surface area (Å²) in [5, 5.41) is 0. The molecule has 3 aromatic carbocycles. The maximum Gasteiger partial charge on any atom is 0.416 e. The minimum atomic E-state index is -4.64. The number of nitrogens with zero attached hydrogens (tertiary/aromatic N) is 4. The van der Waals surface area contributed by atoms with E-state index in [1.54, 1.807) is 68.3 Å². The number of benzene rings is 3. The van der Waals surface area contributed by atoms with E-state index in [-0.39, 0.29) is 24.7 Å². The van der Waals surface area contributed by atoms with Gasteiger partial charge in [-0.1, -0.05) is 42.5 Å². The molecule has 0 bridgehead atoms. The van der Waals surface area contributed by atoms with Gasteiger partial charge in [-0.2, -0.15) is 13.2 Å². The van der Waals surface area contributed by atoms with E-state index in [1.807, 2.05) is 12.1 Å². The minimum absolute atomic E-state index is 0.0787. The van der Waals surface area contributed by atoms with Gasteiger partial charge in [-0.3, -0.25) is 9.59 Å². The van der Waals surface area contributed by atoms with Crippen LogP contribution in [0.3, 0.4) is 0 Å². The van der Waals surface area contributed by atoms with Gasteiger partial charge in [0.1, 0.15) is 17.8 Å². The third kappa shape index (κ3) is 4.74. The number of aromatic nitrogens is 2. The molecule has 0 spiro atoms. The molecule has 2 atom stereocenters. The van der Waals surface area contributed by atoms with Crippen LogP contribution in [-0.2, 0) is 27.8 Å². The Morgan fingerprint density at radius 2 is 1.63 bits per heavy atom. The maximum absolute atomic E-state index is 14.0. The average molecular weight is 589 g/mol. The van der Waals surface area contributed by atoms with Gasteiger partial charge in [-0.05, 0) is 61.4 Å². The zero-order valence-corrected chi connectivity index (χ0v) is 23.6. The smallest absolute Gasteiger partial charge is 0.416 e. The molecule has 1 aromatic heterocycles. The lowest BCUT2D eigenvalue weighted by Crippen LogP contribution is -2.74. The zero-order chi connectivity index (χ0) is 30.5. The van der Waals surface area contributed by atoms with E-state index in [0.717, 1.165) is 17.7 Å². The first-order valence-corrected chi connectivity index (χ1v) is 13.5. The van der Waals surface area contributed by atoms with Gasteiger partial charge in [0, 0.05) is 17.0 Å². The minimum Gasteiger partial charge on any atom is -0.497 e. The molecular formula is C32H27F3N4O4. The summed E-state index contributed by atoms with van der Waals surface area (Å²) in [7, 11) is 1.56. The molecule has 0 saturated carbocycles. The van der Waals surface area contributed by atoms with E-state index in [2.05, 4.69) is 9.97 Å². The second-order valence-corrected chi connectivity index (χ2v) is 10.5. The number of rotatable bonds is 6. The number of alkyl halides is 3. The number of β-lactam (4-membered cyclic amide) rings is 1. The van der Waals surface area contributed by atoms with E-state index in [4.69, 9.17) is 9.47 Å². The van der Waals surface area contributed by atoms with E-state index in [1.165, 1.54) is 17.0 Å². The summed E-state index contributed by atoms with van der Waals surface area (Å²) in [6, 6.07) is 20.6. The van der Waals surface area contributed by atoms with Crippen molar-refractivity contribution in [1.82, 2.24) is 14.9 Å². The van der Waals surface area contributed by atoms with Gasteiger partial charge in [0.2, 0.25) is 12.0 Å². The fourth-order valence-electron chi connectivity index (χ4n) is 5.91. The summed E-state index contributed by atoms with van der Waals surface area (Å²) in [6.45, 7) is 3.27. The van der Waals surface area contributed by atoms with Crippen LogP contribution in [0.15, 0.2) is 78.9 Å². The number of hydrogen-bond donors (Lipinski definition) is 0. The van der Waals surface area contributed by atoms with Crippen LogP contribution in [-0.4, -0.2) is 46.4 Å². The number of halogens is 3. The van der Waals surface area contributed by atoms with Gasteiger partial charge < -0.3 is 19.3 Å². The van der Waals surface area contributed by atoms with E-state index in [0.29, 0.717) is 28.4 Å². The third-order valence-corrected chi connectivity index (χ3v) is 7.81. The summed E-state index contributed by atoms with van der Waals surface area (Å²) in [5.74, 6) is -0.306. The summed E-state index contributed by atoms with van der Waals surface area (Å²) >= 11 is 0. The van der Waals surface area contributed by atoms with Crippen molar-refractivity contribution in [2.45, 2.75) is 38.2 Å². The Labute approximate surface area is 245 Å². The van der Waals surface area contributed by atoms with Gasteiger partial charge in [0.15, 0.2) is 0 Å². The van der Waals surface area contributed by atoms with Crippen molar-refractivity contribution in [3.05, 3.63) is 113 Å². The second-order valence-electron chi connectivity index (χ2n) is 10.5. The number of carbonyl (C=O) groups is 2. The lowest BCUT2D eigenvalue weighted by molar-refractivity contribution is -0.178. The van der Waals surface area contributed by atoms with Crippen molar-refractivity contribution in [2.75, 3.05) is 18.6 Å². The third-order valence-electron chi connectivity index (χ3n) is 7.81. The zero-order valence-electron chi connectivity index (χ0n) is 23.6. The number of methoxy groups -OCH3 is 1. The highest BCUT2D eigenvalue weighted by Crippen LogP contribution is 2.53. The molecule has 3 heterocycles. The molecule has 43 heavy (non-hydrogen) atoms. The van der Waals surface area contributed by atoms with Gasteiger partial charge in [0.05, 0.1) is 24.9 Å².